The zero-order chi connectivity index (χ0) is 14.8. The minimum atomic E-state index is 0.423. The normalized spacial score (nSPS) is 10.3. The van der Waals surface area contributed by atoms with Crippen molar-refractivity contribution in [3.05, 3.63) is 71.4 Å². The fraction of sp³-hybridized carbons (Fsp3) is 0.111. The molecule has 0 atom stereocenters. The molecule has 3 aromatic rings. The molecule has 0 N–H and O–H groups in total. The first kappa shape index (κ1) is 13.1. The van der Waals surface area contributed by atoms with Crippen molar-refractivity contribution < 1.29 is 0 Å². The van der Waals surface area contributed by atoms with E-state index >= 15 is 0 Å². The number of rotatable bonds is 2. The number of hydrogen-bond donors (Lipinski definition) is 0. The standard InChI is InChI=1S/C18H15N3/c1-13-6-8-15(9-7-13)18-11-16(12-19)20-21(18)17-5-3-4-14(2)10-17/h3-11H,1-2H3. The summed E-state index contributed by atoms with van der Waals surface area (Å²) in [5.41, 5.74) is 5.74. The van der Waals surface area contributed by atoms with Crippen molar-refractivity contribution in [2.75, 3.05) is 0 Å². The van der Waals surface area contributed by atoms with Gasteiger partial charge in [0.25, 0.3) is 0 Å². The molecule has 3 rings (SSSR count). The maximum atomic E-state index is 9.14. The van der Waals surface area contributed by atoms with E-state index in [0.717, 1.165) is 22.5 Å². The fourth-order valence-corrected chi connectivity index (χ4v) is 2.32. The third-order valence-electron chi connectivity index (χ3n) is 3.42. The Morgan fingerprint density at radius 3 is 2.38 bits per heavy atom. The highest BCUT2D eigenvalue weighted by atomic mass is 15.3. The van der Waals surface area contributed by atoms with Crippen LogP contribution >= 0.6 is 0 Å². The summed E-state index contributed by atoms with van der Waals surface area (Å²) in [6, 6.07) is 20.3. The lowest BCUT2D eigenvalue weighted by Crippen LogP contribution is -1.99. The average Bonchev–Trinajstić information content (AvgIpc) is 2.92. The van der Waals surface area contributed by atoms with Crippen molar-refractivity contribution in [2.24, 2.45) is 0 Å². The first-order valence-corrected chi connectivity index (χ1v) is 6.81. The molecule has 102 valence electrons. The number of nitrogens with zero attached hydrogens (tertiary/aromatic N) is 3. The molecule has 21 heavy (non-hydrogen) atoms. The summed E-state index contributed by atoms with van der Waals surface area (Å²) in [6.07, 6.45) is 0. The van der Waals surface area contributed by atoms with Crippen LogP contribution in [0, 0.1) is 25.2 Å². The van der Waals surface area contributed by atoms with Crippen molar-refractivity contribution in [1.29, 1.82) is 5.26 Å². The van der Waals surface area contributed by atoms with Crippen molar-refractivity contribution in [3.8, 4) is 23.0 Å². The number of aryl methyl sites for hydroxylation is 2. The first-order chi connectivity index (χ1) is 10.2. The predicted molar refractivity (Wildman–Crippen MR) is 83.2 cm³/mol. The molecule has 0 saturated heterocycles. The van der Waals surface area contributed by atoms with E-state index in [1.54, 1.807) is 0 Å². The summed E-state index contributed by atoms with van der Waals surface area (Å²) >= 11 is 0. The summed E-state index contributed by atoms with van der Waals surface area (Å²) in [7, 11) is 0. The van der Waals surface area contributed by atoms with E-state index in [2.05, 4.69) is 48.4 Å². The fourth-order valence-electron chi connectivity index (χ4n) is 2.32. The molecule has 0 unspecified atom stereocenters. The molecule has 1 heterocycles. The molecule has 0 spiro atoms. The van der Waals surface area contributed by atoms with Gasteiger partial charge in [-0.3, -0.25) is 0 Å². The van der Waals surface area contributed by atoms with E-state index in [1.165, 1.54) is 5.56 Å². The van der Waals surface area contributed by atoms with Gasteiger partial charge >= 0.3 is 0 Å². The van der Waals surface area contributed by atoms with Crippen LogP contribution in [0.4, 0.5) is 0 Å². The Hall–Kier alpha value is -2.86. The molecule has 0 amide bonds. The van der Waals surface area contributed by atoms with Crippen molar-refractivity contribution in [2.45, 2.75) is 13.8 Å². The highest BCUT2D eigenvalue weighted by Crippen LogP contribution is 2.24. The number of hydrogen-bond acceptors (Lipinski definition) is 2. The largest absolute Gasteiger partial charge is 0.232 e. The van der Waals surface area contributed by atoms with E-state index in [-0.39, 0.29) is 0 Å². The van der Waals surface area contributed by atoms with Gasteiger partial charge in [-0.15, -0.1) is 0 Å². The van der Waals surface area contributed by atoms with Gasteiger partial charge in [-0.1, -0.05) is 42.0 Å². The molecule has 3 heteroatoms. The van der Waals surface area contributed by atoms with E-state index in [4.69, 9.17) is 5.26 Å². The Bertz CT molecular complexity index is 820. The SMILES string of the molecule is Cc1ccc(-c2cc(C#N)nn2-c2cccc(C)c2)cc1. The lowest BCUT2D eigenvalue weighted by atomic mass is 10.1. The second kappa shape index (κ2) is 5.26. The van der Waals surface area contributed by atoms with Gasteiger partial charge in [0.2, 0.25) is 0 Å². The van der Waals surface area contributed by atoms with Gasteiger partial charge in [0.05, 0.1) is 11.4 Å². The van der Waals surface area contributed by atoms with Crippen LogP contribution in [0.3, 0.4) is 0 Å². The molecule has 0 fully saturated rings. The minimum absolute atomic E-state index is 0.423. The summed E-state index contributed by atoms with van der Waals surface area (Å²) in [5.74, 6) is 0. The van der Waals surface area contributed by atoms with Gasteiger partial charge in [0.15, 0.2) is 5.69 Å². The lowest BCUT2D eigenvalue weighted by molar-refractivity contribution is 0.879. The quantitative estimate of drug-likeness (QED) is 0.707. The van der Waals surface area contributed by atoms with E-state index in [1.807, 2.05) is 35.9 Å². The van der Waals surface area contributed by atoms with Crippen molar-refractivity contribution in [3.63, 3.8) is 0 Å². The number of nitriles is 1. The summed E-state index contributed by atoms with van der Waals surface area (Å²) in [6.45, 7) is 4.10. The van der Waals surface area contributed by atoms with Gasteiger partial charge < -0.3 is 0 Å². The van der Waals surface area contributed by atoms with Crippen LogP contribution in [0.1, 0.15) is 16.8 Å². The van der Waals surface area contributed by atoms with Crippen LogP contribution in [0.5, 0.6) is 0 Å². The molecule has 0 bridgehead atoms. The lowest BCUT2D eigenvalue weighted by Gasteiger charge is -2.08. The van der Waals surface area contributed by atoms with Crippen LogP contribution < -0.4 is 0 Å². The highest BCUT2D eigenvalue weighted by molar-refractivity contribution is 5.64. The van der Waals surface area contributed by atoms with Crippen LogP contribution in [-0.4, -0.2) is 9.78 Å². The first-order valence-electron chi connectivity index (χ1n) is 6.81. The van der Waals surface area contributed by atoms with Crippen LogP contribution in [-0.2, 0) is 0 Å². The summed E-state index contributed by atoms with van der Waals surface area (Å²) in [4.78, 5) is 0. The molecule has 1 aromatic heterocycles. The van der Waals surface area contributed by atoms with Gasteiger partial charge in [-0.05, 0) is 31.5 Å². The Morgan fingerprint density at radius 1 is 0.952 bits per heavy atom. The van der Waals surface area contributed by atoms with Crippen LogP contribution in [0.2, 0.25) is 0 Å². The Morgan fingerprint density at radius 2 is 1.71 bits per heavy atom. The van der Waals surface area contributed by atoms with E-state index in [0.29, 0.717) is 5.69 Å². The zero-order valence-electron chi connectivity index (χ0n) is 12.0. The van der Waals surface area contributed by atoms with Crippen molar-refractivity contribution in [1.82, 2.24) is 9.78 Å². The molecule has 0 saturated carbocycles. The average molecular weight is 273 g/mol. The molecular weight excluding hydrogens is 258 g/mol. The monoisotopic (exact) mass is 273 g/mol. The molecular formula is C18H15N3. The molecule has 0 aliphatic carbocycles. The Labute approximate surface area is 124 Å². The van der Waals surface area contributed by atoms with Gasteiger partial charge in [0.1, 0.15) is 6.07 Å². The second-order valence-electron chi connectivity index (χ2n) is 5.14. The molecule has 3 nitrogen and oxygen atoms in total. The smallest absolute Gasteiger partial charge is 0.163 e. The van der Waals surface area contributed by atoms with Gasteiger partial charge in [0, 0.05) is 11.6 Å². The second-order valence-corrected chi connectivity index (χ2v) is 5.14. The van der Waals surface area contributed by atoms with Crippen molar-refractivity contribution >= 4 is 0 Å². The van der Waals surface area contributed by atoms with Crippen LogP contribution in [0.25, 0.3) is 16.9 Å². The maximum Gasteiger partial charge on any atom is 0.163 e. The van der Waals surface area contributed by atoms with E-state index in [9.17, 15) is 0 Å². The Kier molecular flexibility index (Phi) is 3.29. The molecule has 0 radical (unpaired) electrons. The Balaban J connectivity index is 2.19. The van der Waals surface area contributed by atoms with E-state index < -0.39 is 0 Å². The maximum absolute atomic E-state index is 9.14. The van der Waals surface area contributed by atoms with Crippen LogP contribution in [0.15, 0.2) is 54.6 Å². The molecule has 0 aliphatic heterocycles. The number of aromatic nitrogens is 2. The topological polar surface area (TPSA) is 41.6 Å². The number of benzene rings is 2. The third-order valence-corrected chi connectivity index (χ3v) is 3.42. The highest BCUT2D eigenvalue weighted by Gasteiger charge is 2.11. The minimum Gasteiger partial charge on any atom is -0.232 e. The predicted octanol–water partition coefficient (Wildman–Crippen LogP) is 4.03. The zero-order valence-corrected chi connectivity index (χ0v) is 12.0. The van der Waals surface area contributed by atoms with Gasteiger partial charge in [-0.2, -0.15) is 10.4 Å². The summed E-state index contributed by atoms with van der Waals surface area (Å²) < 4.78 is 1.83. The molecule has 0 aliphatic rings. The summed E-state index contributed by atoms with van der Waals surface area (Å²) in [5, 5.41) is 13.5. The molecule has 2 aromatic carbocycles. The third kappa shape index (κ3) is 2.56. The van der Waals surface area contributed by atoms with Gasteiger partial charge in [-0.25, -0.2) is 4.68 Å².